The third kappa shape index (κ3) is 6.49. The molecule has 2 rings (SSSR count). The minimum Gasteiger partial charge on any atom is -0.326 e. The molecule has 0 heterocycles. The van der Waals surface area contributed by atoms with Crippen molar-refractivity contribution in [3.63, 3.8) is 0 Å². The van der Waals surface area contributed by atoms with Gasteiger partial charge in [-0.15, -0.1) is 0 Å². The molecule has 0 radical (unpaired) electrons. The van der Waals surface area contributed by atoms with Crippen LogP contribution in [0.5, 0.6) is 0 Å². The topological polar surface area (TPSA) is 66.5 Å². The average molecular weight is 428 g/mol. The second-order valence-corrected chi connectivity index (χ2v) is 8.76. The zero-order chi connectivity index (χ0) is 21.8. The van der Waals surface area contributed by atoms with Crippen LogP contribution in [0, 0.1) is 13.8 Å². The lowest BCUT2D eigenvalue weighted by Crippen LogP contribution is -2.31. The van der Waals surface area contributed by atoms with Crippen LogP contribution in [0.4, 0.5) is 24.5 Å². The number of sulfonamides is 1. The highest BCUT2D eigenvalue weighted by Gasteiger charge is 2.31. The highest BCUT2D eigenvalue weighted by molar-refractivity contribution is 7.92. The molecule has 0 aliphatic heterocycles. The van der Waals surface area contributed by atoms with Crippen molar-refractivity contribution in [2.45, 2.75) is 32.9 Å². The van der Waals surface area contributed by atoms with Crippen LogP contribution in [-0.2, 0) is 21.0 Å². The number of carbonyl (C=O) groups excluding carboxylic acids is 1. The van der Waals surface area contributed by atoms with E-state index >= 15 is 0 Å². The fourth-order valence-corrected chi connectivity index (χ4v) is 3.83. The minimum absolute atomic E-state index is 0.0261. The van der Waals surface area contributed by atoms with Gasteiger partial charge in [-0.2, -0.15) is 13.2 Å². The summed E-state index contributed by atoms with van der Waals surface area (Å²) in [5.41, 5.74) is 1.61. The molecule has 2 aromatic rings. The summed E-state index contributed by atoms with van der Waals surface area (Å²) in [6.07, 6.45) is -3.48. The van der Waals surface area contributed by atoms with Crippen LogP contribution in [0.2, 0.25) is 0 Å². The average Bonchev–Trinajstić information content (AvgIpc) is 2.59. The highest BCUT2D eigenvalue weighted by atomic mass is 32.2. The van der Waals surface area contributed by atoms with Gasteiger partial charge in [-0.05, 0) is 50.1 Å². The number of hydrogen-bond donors (Lipinski definition) is 1. The quantitative estimate of drug-likeness (QED) is 0.706. The summed E-state index contributed by atoms with van der Waals surface area (Å²) in [6.45, 7) is 3.69. The van der Waals surface area contributed by atoms with Gasteiger partial charge in [0.05, 0.1) is 17.5 Å². The number of alkyl halides is 3. The van der Waals surface area contributed by atoms with Crippen molar-refractivity contribution in [1.29, 1.82) is 0 Å². The van der Waals surface area contributed by atoms with Gasteiger partial charge < -0.3 is 5.32 Å². The van der Waals surface area contributed by atoms with Crippen molar-refractivity contribution in [1.82, 2.24) is 0 Å². The van der Waals surface area contributed by atoms with E-state index in [0.717, 1.165) is 39.9 Å². The van der Waals surface area contributed by atoms with Gasteiger partial charge in [0, 0.05) is 18.7 Å². The number of nitrogens with one attached hydrogen (secondary N) is 1. The summed E-state index contributed by atoms with van der Waals surface area (Å²) in [7, 11) is -3.81. The molecule has 0 aliphatic carbocycles. The van der Waals surface area contributed by atoms with Gasteiger partial charge in [0.15, 0.2) is 0 Å². The third-order valence-corrected chi connectivity index (χ3v) is 5.48. The van der Waals surface area contributed by atoms with Crippen LogP contribution >= 0.6 is 0 Å². The van der Waals surface area contributed by atoms with Crippen LogP contribution < -0.4 is 9.62 Å². The van der Waals surface area contributed by atoms with Crippen LogP contribution in [0.15, 0.2) is 42.5 Å². The molecule has 0 bridgehead atoms. The van der Waals surface area contributed by atoms with Crippen LogP contribution in [0.3, 0.4) is 0 Å². The largest absolute Gasteiger partial charge is 0.416 e. The predicted octanol–water partition coefficient (Wildman–Crippen LogP) is 4.51. The van der Waals surface area contributed by atoms with Gasteiger partial charge in [0.1, 0.15) is 0 Å². The van der Waals surface area contributed by atoms with E-state index in [2.05, 4.69) is 5.32 Å². The zero-order valence-corrected chi connectivity index (χ0v) is 17.2. The normalized spacial score (nSPS) is 11.9. The Morgan fingerprint density at radius 3 is 2.38 bits per heavy atom. The summed E-state index contributed by atoms with van der Waals surface area (Å²) < 4.78 is 63.8. The van der Waals surface area contributed by atoms with E-state index in [9.17, 15) is 26.4 Å². The number of rotatable bonds is 7. The molecule has 0 saturated heterocycles. The first-order chi connectivity index (χ1) is 13.4. The summed E-state index contributed by atoms with van der Waals surface area (Å²) in [4.78, 5) is 12.2. The molecular formula is C20H23F3N2O3S. The summed E-state index contributed by atoms with van der Waals surface area (Å²) >= 11 is 0. The van der Waals surface area contributed by atoms with Crippen LogP contribution in [-0.4, -0.2) is 27.1 Å². The van der Waals surface area contributed by atoms with Crippen molar-refractivity contribution in [2.24, 2.45) is 0 Å². The van der Waals surface area contributed by atoms with E-state index in [1.807, 2.05) is 26.0 Å². The predicted molar refractivity (Wildman–Crippen MR) is 107 cm³/mol. The Balaban J connectivity index is 2.06. The van der Waals surface area contributed by atoms with Gasteiger partial charge in [-0.1, -0.05) is 23.8 Å². The molecule has 0 aromatic heterocycles. The maximum absolute atomic E-state index is 12.9. The fraction of sp³-hybridized carbons (Fsp3) is 0.350. The number of amides is 1. The standard InChI is InChI=1S/C20H23F3N2O3S/c1-14-9-10-18(15(2)12-14)24-19(26)8-5-11-25(29(3,27)28)17-7-4-6-16(13-17)20(21,22)23/h4,6-7,9-10,12-13H,5,8,11H2,1-3H3,(H,24,26). The molecule has 29 heavy (non-hydrogen) atoms. The monoisotopic (exact) mass is 428 g/mol. The van der Waals surface area contributed by atoms with E-state index in [1.165, 1.54) is 6.07 Å². The summed E-state index contributed by atoms with van der Waals surface area (Å²) in [5.74, 6) is -0.297. The molecule has 0 spiro atoms. The second kappa shape index (κ2) is 8.86. The first kappa shape index (κ1) is 22.7. The second-order valence-electron chi connectivity index (χ2n) is 6.85. The van der Waals surface area contributed by atoms with E-state index in [0.29, 0.717) is 5.69 Å². The number of halogens is 3. The zero-order valence-electron chi connectivity index (χ0n) is 16.4. The number of nitrogens with zero attached hydrogens (tertiary/aromatic N) is 1. The van der Waals surface area contributed by atoms with E-state index < -0.39 is 21.8 Å². The number of carbonyl (C=O) groups is 1. The highest BCUT2D eigenvalue weighted by Crippen LogP contribution is 2.32. The van der Waals surface area contributed by atoms with Gasteiger partial charge >= 0.3 is 6.18 Å². The van der Waals surface area contributed by atoms with Gasteiger partial charge in [-0.25, -0.2) is 8.42 Å². The Hall–Kier alpha value is -2.55. The smallest absolute Gasteiger partial charge is 0.326 e. The molecule has 9 heteroatoms. The van der Waals surface area contributed by atoms with Gasteiger partial charge in [0.2, 0.25) is 15.9 Å². The molecule has 0 fully saturated rings. The minimum atomic E-state index is -4.58. The fourth-order valence-electron chi connectivity index (χ4n) is 2.87. The molecule has 0 atom stereocenters. The maximum Gasteiger partial charge on any atom is 0.416 e. The SMILES string of the molecule is Cc1ccc(NC(=O)CCCN(c2cccc(C(F)(F)F)c2)S(C)(=O)=O)c(C)c1. The van der Waals surface area contributed by atoms with Crippen molar-refractivity contribution in [2.75, 3.05) is 22.4 Å². The van der Waals surface area contributed by atoms with E-state index in [4.69, 9.17) is 0 Å². The van der Waals surface area contributed by atoms with Crippen molar-refractivity contribution >= 4 is 27.3 Å². The van der Waals surface area contributed by atoms with Gasteiger partial charge in [-0.3, -0.25) is 9.10 Å². The molecule has 2 aromatic carbocycles. The Labute approximate surface area is 168 Å². The molecule has 0 aliphatic rings. The maximum atomic E-state index is 12.9. The number of aryl methyl sites for hydroxylation is 2. The molecule has 158 valence electrons. The van der Waals surface area contributed by atoms with Crippen molar-refractivity contribution in [3.8, 4) is 0 Å². The lowest BCUT2D eigenvalue weighted by Gasteiger charge is -2.23. The number of anilines is 2. The molecule has 0 saturated carbocycles. The first-order valence-corrected chi connectivity index (χ1v) is 10.7. The van der Waals surface area contributed by atoms with Crippen molar-refractivity contribution < 1.29 is 26.4 Å². The third-order valence-electron chi connectivity index (χ3n) is 4.28. The molecule has 5 nitrogen and oxygen atoms in total. The van der Waals surface area contributed by atoms with E-state index in [-0.39, 0.29) is 31.0 Å². The number of benzene rings is 2. The Kier molecular flexibility index (Phi) is 6.94. The van der Waals surface area contributed by atoms with Crippen LogP contribution in [0.1, 0.15) is 29.5 Å². The Bertz CT molecular complexity index is 989. The van der Waals surface area contributed by atoms with Gasteiger partial charge in [0.25, 0.3) is 0 Å². The molecular weight excluding hydrogens is 405 g/mol. The lowest BCUT2D eigenvalue weighted by atomic mass is 10.1. The number of hydrogen-bond acceptors (Lipinski definition) is 3. The Morgan fingerprint density at radius 2 is 1.79 bits per heavy atom. The molecule has 1 N–H and O–H groups in total. The summed E-state index contributed by atoms with van der Waals surface area (Å²) in [6, 6.07) is 9.69. The summed E-state index contributed by atoms with van der Waals surface area (Å²) in [5, 5.41) is 2.76. The lowest BCUT2D eigenvalue weighted by molar-refractivity contribution is -0.137. The first-order valence-electron chi connectivity index (χ1n) is 8.90. The Morgan fingerprint density at radius 1 is 1.10 bits per heavy atom. The van der Waals surface area contributed by atoms with Crippen LogP contribution in [0.25, 0.3) is 0 Å². The molecule has 1 amide bonds. The molecule has 0 unspecified atom stereocenters. The van der Waals surface area contributed by atoms with Crippen molar-refractivity contribution in [3.05, 3.63) is 59.2 Å². The van der Waals surface area contributed by atoms with E-state index in [1.54, 1.807) is 6.07 Å².